The van der Waals surface area contributed by atoms with Gasteiger partial charge in [-0.3, -0.25) is 4.55 Å². The van der Waals surface area contributed by atoms with Gasteiger partial charge in [-0.05, 0) is 30.6 Å². The Bertz CT molecular complexity index is 297. The molecule has 0 bridgehead atoms. The van der Waals surface area contributed by atoms with Crippen molar-refractivity contribution in [2.24, 2.45) is 17.8 Å². The molecule has 0 aromatic carbocycles. The van der Waals surface area contributed by atoms with E-state index in [1.165, 1.54) is 19.3 Å². The van der Waals surface area contributed by atoms with Crippen LogP contribution in [0.25, 0.3) is 0 Å². The van der Waals surface area contributed by atoms with E-state index in [0.29, 0.717) is 6.42 Å². The lowest BCUT2D eigenvalue weighted by Gasteiger charge is -2.32. The molecule has 3 nitrogen and oxygen atoms in total. The molecule has 0 heterocycles. The maximum Gasteiger partial charge on any atom is 0.264 e. The third-order valence-corrected chi connectivity index (χ3v) is 4.66. The first kappa shape index (κ1) is 14.0. The molecule has 1 aliphatic rings. The zero-order valence-corrected chi connectivity index (χ0v) is 11.2. The lowest BCUT2D eigenvalue weighted by atomic mass is 9.73. The molecule has 3 unspecified atom stereocenters. The highest BCUT2D eigenvalue weighted by molar-refractivity contribution is 7.85. The molecule has 16 heavy (non-hydrogen) atoms. The van der Waals surface area contributed by atoms with Crippen molar-refractivity contribution in [3.8, 4) is 0 Å². The van der Waals surface area contributed by atoms with Crippen molar-refractivity contribution in [2.75, 3.05) is 5.75 Å². The molecule has 4 heteroatoms. The van der Waals surface area contributed by atoms with Crippen molar-refractivity contribution in [2.45, 2.75) is 52.4 Å². The van der Waals surface area contributed by atoms with Gasteiger partial charge in [-0.25, -0.2) is 0 Å². The lowest BCUT2D eigenvalue weighted by Crippen LogP contribution is -2.21. The molecule has 1 fully saturated rings. The maximum absolute atomic E-state index is 10.6. The number of rotatable bonds is 5. The van der Waals surface area contributed by atoms with Gasteiger partial charge in [0.1, 0.15) is 0 Å². The van der Waals surface area contributed by atoms with E-state index >= 15 is 0 Å². The van der Waals surface area contributed by atoms with Crippen molar-refractivity contribution >= 4 is 10.1 Å². The SMILES string of the molecule is CC1CCC(C)C(CCCCS(=O)(=O)O)C1. The van der Waals surface area contributed by atoms with Crippen LogP contribution in [0.4, 0.5) is 0 Å². The van der Waals surface area contributed by atoms with Gasteiger partial charge in [-0.2, -0.15) is 8.42 Å². The van der Waals surface area contributed by atoms with Crippen LogP contribution in [0.5, 0.6) is 0 Å². The van der Waals surface area contributed by atoms with E-state index in [2.05, 4.69) is 13.8 Å². The summed E-state index contributed by atoms with van der Waals surface area (Å²) in [5.41, 5.74) is 0. The van der Waals surface area contributed by atoms with Gasteiger partial charge in [0.25, 0.3) is 10.1 Å². The van der Waals surface area contributed by atoms with Gasteiger partial charge in [0.05, 0.1) is 5.75 Å². The average molecular weight is 248 g/mol. The largest absolute Gasteiger partial charge is 0.286 e. The zero-order valence-electron chi connectivity index (χ0n) is 10.4. The molecule has 1 N–H and O–H groups in total. The Morgan fingerprint density at radius 2 is 1.88 bits per heavy atom. The third-order valence-electron chi connectivity index (χ3n) is 3.85. The molecule has 0 aliphatic heterocycles. The fourth-order valence-corrected chi connectivity index (χ4v) is 3.31. The quantitative estimate of drug-likeness (QED) is 0.601. The van der Waals surface area contributed by atoms with Crippen LogP contribution in [-0.2, 0) is 10.1 Å². The Hall–Kier alpha value is -0.0900. The minimum absolute atomic E-state index is 0.0797. The minimum atomic E-state index is -3.75. The highest BCUT2D eigenvalue weighted by Gasteiger charge is 2.24. The monoisotopic (exact) mass is 248 g/mol. The van der Waals surface area contributed by atoms with E-state index in [1.54, 1.807) is 0 Å². The summed E-state index contributed by atoms with van der Waals surface area (Å²) in [6, 6.07) is 0. The summed E-state index contributed by atoms with van der Waals surface area (Å²) in [5.74, 6) is 2.28. The predicted octanol–water partition coefficient (Wildman–Crippen LogP) is 3.12. The fourth-order valence-electron chi connectivity index (χ4n) is 2.74. The highest BCUT2D eigenvalue weighted by atomic mass is 32.2. The summed E-state index contributed by atoms with van der Waals surface area (Å²) in [6.07, 6.45) is 6.55. The van der Waals surface area contributed by atoms with Crippen LogP contribution >= 0.6 is 0 Å². The summed E-state index contributed by atoms with van der Waals surface area (Å²) in [5, 5.41) is 0. The topological polar surface area (TPSA) is 54.4 Å². The Kier molecular flexibility index (Phi) is 5.25. The van der Waals surface area contributed by atoms with Gasteiger partial charge in [-0.15, -0.1) is 0 Å². The molecule has 1 saturated carbocycles. The molecule has 1 rings (SSSR count). The second-order valence-corrected chi connectivity index (χ2v) is 7.01. The normalized spacial score (nSPS) is 31.6. The standard InChI is InChI=1S/C12H24O3S/c1-10-6-7-11(2)12(9-10)5-3-4-8-16(13,14)15/h10-12H,3-9H2,1-2H3,(H,13,14,15). The van der Waals surface area contributed by atoms with Crippen LogP contribution in [0.2, 0.25) is 0 Å². The number of hydrogen-bond acceptors (Lipinski definition) is 2. The molecule has 1 aliphatic carbocycles. The smallest absolute Gasteiger partial charge is 0.264 e. The zero-order chi connectivity index (χ0) is 12.2. The molecule has 0 amide bonds. The van der Waals surface area contributed by atoms with E-state index < -0.39 is 10.1 Å². The molecule has 3 atom stereocenters. The second-order valence-electron chi connectivity index (χ2n) is 5.44. The third kappa shape index (κ3) is 5.30. The molecule has 0 saturated heterocycles. The Morgan fingerprint density at radius 3 is 2.50 bits per heavy atom. The minimum Gasteiger partial charge on any atom is -0.286 e. The molecule has 0 aromatic heterocycles. The van der Waals surface area contributed by atoms with E-state index in [1.807, 2.05) is 0 Å². The van der Waals surface area contributed by atoms with Crippen LogP contribution in [-0.4, -0.2) is 18.7 Å². The predicted molar refractivity (Wildman–Crippen MR) is 65.9 cm³/mol. The molecular weight excluding hydrogens is 224 g/mol. The van der Waals surface area contributed by atoms with Gasteiger partial charge >= 0.3 is 0 Å². The summed E-state index contributed by atoms with van der Waals surface area (Å²) in [4.78, 5) is 0. The first-order chi connectivity index (χ1) is 7.38. The first-order valence-electron chi connectivity index (χ1n) is 6.33. The Balaban J connectivity index is 2.21. The van der Waals surface area contributed by atoms with E-state index in [0.717, 1.165) is 30.6 Å². The van der Waals surface area contributed by atoms with Crippen LogP contribution in [0.15, 0.2) is 0 Å². The number of unbranched alkanes of at least 4 members (excludes halogenated alkanes) is 1. The molecular formula is C12H24O3S. The summed E-state index contributed by atoms with van der Waals surface area (Å²) in [6.45, 7) is 4.61. The van der Waals surface area contributed by atoms with E-state index in [4.69, 9.17) is 4.55 Å². The Morgan fingerprint density at radius 1 is 1.19 bits per heavy atom. The van der Waals surface area contributed by atoms with Crippen molar-refractivity contribution in [1.29, 1.82) is 0 Å². The first-order valence-corrected chi connectivity index (χ1v) is 7.94. The Labute approximate surface area is 99.4 Å². The van der Waals surface area contributed by atoms with Gasteiger partial charge < -0.3 is 0 Å². The van der Waals surface area contributed by atoms with Gasteiger partial charge in [0, 0.05) is 0 Å². The maximum atomic E-state index is 10.6. The van der Waals surface area contributed by atoms with Crippen molar-refractivity contribution in [3.05, 3.63) is 0 Å². The van der Waals surface area contributed by atoms with Crippen molar-refractivity contribution in [3.63, 3.8) is 0 Å². The molecule has 96 valence electrons. The van der Waals surface area contributed by atoms with Gasteiger partial charge in [0.2, 0.25) is 0 Å². The highest BCUT2D eigenvalue weighted by Crippen LogP contribution is 2.36. The summed E-state index contributed by atoms with van der Waals surface area (Å²) in [7, 11) is -3.75. The molecule has 0 radical (unpaired) electrons. The average Bonchev–Trinajstić information content (AvgIpc) is 2.16. The van der Waals surface area contributed by atoms with Crippen molar-refractivity contribution < 1.29 is 13.0 Å². The van der Waals surface area contributed by atoms with Crippen LogP contribution in [0.1, 0.15) is 52.4 Å². The van der Waals surface area contributed by atoms with Gasteiger partial charge in [0.15, 0.2) is 0 Å². The van der Waals surface area contributed by atoms with Crippen LogP contribution < -0.4 is 0 Å². The summed E-state index contributed by atoms with van der Waals surface area (Å²) >= 11 is 0. The molecule has 0 aromatic rings. The van der Waals surface area contributed by atoms with Crippen molar-refractivity contribution in [1.82, 2.24) is 0 Å². The summed E-state index contributed by atoms with van der Waals surface area (Å²) < 4.78 is 29.7. The van der Waals surface area contributed by atoms with E-state index in [9.17, 15) is 8.42 Å². The van der Waals surface area contributed by atoms with Gasteiger partial charge in [-0.1, -0.05) is 39.5 Å². The van der Waals surface area contributed by atoms with Crippen LogP contribution in [0, 0.1) is 17.8 Å². The molecule has 0 spiro atoms. The second kappa shape index (κ2) is 6.01. The van der Waals surface area contributed by atoms with E-state index in [-0.39, 0.29) is 5.75 Å². The lowest BCUT2D eigenvalue weighted by molar-refractivity contribution is 0.190. The number of hydrogen-bond donors (Lipinski definition) is 1. The van der Waals surface area contributed by atoms with Crippen LogP contribution in [0.3, 0.4) is 0 Å². The fraction of sp³-hybridized carbons (Fsp3) is 1.00.